The predicted molar refractivity (Wildman–Crippen MR) is 65.2 cm³/mol. The lowest BCUT2D eigenvalue weighted by Crippen LogP contribution is -2.25. The number of rotatable bonds is 4. The van der Waals surface area contributed by atoms with Crippen molar-refractivity contribution in [2.45, 2.75) is 32.7 Å². The smallest absolute Gasteiger partial charge is 0.127 e. The van der Waals surface area contributed by atoms with E-state index < -0.39 is 0 Å². The average Bonchev–Trinajstić information content (AvgIpc) is 2.08. The molecule has 2 N–H and O–H groups in total. The fraction of sp³-hybridized carbons (Fsp3) is 0.500. The van der Waals surface area contributed by atoms with E-state index in [-0.39, 0.29) is 11.9 Å². The summed E-state index contributed by atoms with van der Waals surface area (Å²) in [6.45, 7) is 4.25. The van der Waals surface area contributed by atoms with Gasteiger partial charge in [0.1, 0.15) is 5.82 Å². The van der Waals surface area contributed by atoms with Gasteiger partial charge < -0.3 is 5.73 Å². The van der Waals surface area contributed by atoms with Crippen LogP contribution in [-0.4, -0.2) is 6.04 Å². The molecule has 1 rings (SSSR count). The maximum Gasteiger partial charge on any atom is 0.127 e. The van der Waals surface area contributed by atoms with Crippen LogP contribution in [0.4, 0.5) is 4.39 Å². The molecule has 0 aromatic heterocycles. The summed E-state index contributed by atoms with van der Waals surface area (Å²) in [5, 5.41) is 0. The van der Waals surface area contributed by atoms with Crippen LogP contribution in [0.25, 0.3) is 0 Å². The van der Waals surface area contributed by atoms with Crippen LogP contribution >= 0.6 is 15.9 Å². The maximum atomic E-state index is 13.5. The van der Waals surface area contributed by atoms with E-state index in [2.05, 4.69) is 29.8 Å². The van der Waals surface area contributed by atoms with Gasteiger partial charge in [-0.15, -0.1) is 0 Å². The van der Waals surface area contributed by atoms with Crippen molar-refractivity contribution in [1.82, 2.24) is 0 Å². The molecule has 1 atom stereocenters. The normalized spacial score (nSPS) is 13.2. The van der Waals surface area contributed by atoms with E-state index >= 15 is 0 Å². The highest BCUT2D eigenvalue weighted by atomic mass is 79.9. The number of hydrogen-bond donors (Lipinski definition) is 1. The van der Waals surface area contributed by atoms with E-state index in [0.29, 0.717) is 17.9 Å². The molecular formula is C12H17BrFN. The monoisotopic (exact) mass is 273 g/mol. The van der Waals surface area contributed by atoms with Crippen molar-refractivity contribution in [1.29, 1.82) is 0 Å². The fourth-order valence-corrected chi connectivity index (χ4v) is 1.99. The summed E-state index contributed by atoms with van der Waals surface area (Å²) in [5.41, 5.74) is 6.64. The highest BCUT2D eigenvalue weighted by Gasteiger charge is 2.10. The van der Waals surface area contributed by atoms with Crippen molar-refractivity contribution in [2.75, 3.05) is 0 Å². The van der Waals surface area contributed by atoms with Crippen LogP contribution < -0.4 is 5.73 Å². The molecule has 1 nitrogen and oxygen atoms in total. The number of nitrogens with two attached hydrogens (primary N) is 1. The van der Waals surface area contributed by atoms with Crippen molar-refractivity contribution in [3.63, 3.8) is 0 Å². The molecule has 0 spiro atoms. The highest BCUT2D eigenvalue weighted by Crippen LogP contribution is 2.17. The molecule has 0 fully saturated rings. The molecule has 1 aromatic carbocycles. The molecule has 1 unspecified atom stereocenters. The van der Waals surface area contributed by atoms with E-state index in [9.17, 15) is 4.39 Å². The Kier molecular flexibility index (Phi) is 4.74. The minimum absolute atomic E-state index is 0.0423. The lowest BCUT2D eigenvalue weighted by Gasteiger charge is -2.14. The zero-order valence-corrected chi connectivity index (χ0v) is 10.7. The first kappa shape index (κ1) is 12.7. The van der Waals surface area contributed by atoms with E-state index in [0.717, 1.165) is 10.9 Å². The van der Waals surface area contributed by atoms with Gasteiger partial charge in [0.05, 0.1) is 0 Å². The van der Waals surface area contributed by atoms with E-state index in [1.54, 1.807) is 6.07 Å². The first-order valence-corrected chi connectivity index (χ1v) is 5.98. The van der Waals surface area contributed by atoms with Gasteiger partial charge in [0.15, 0.2) is 0 Å². The average molecular weight is 274 g/mol. The zero-order chi connectivity index (χ0) is 11.4. The molecule has 0 bridgehead atoms. The maximum absolute atomic E-state index is 13.5. The fourth-order valence-electron chi connectivity index (χ4n) is 1.66. The second-order valence-corrected chi connectivity index (χ2v) is 5.25. The molecule has 0 saturated heterocycles. The van der Waals surface area contributed by atoms with Crippen molar-refractivity contribution in [3.8, 4) is 0 Å². The number of benzene rings is 1. The lowest BCUT2D eigenvalue weighted by molar-refractivity contribution is 0.485. The van der Waals surface area contributed by atoms with Gasteiger partial charge in [-0.05, 0) is 36.5 Å². The third-order valence-corrected chi connectivity index (χ3v) is 2.76. The zero-order valence-electron chi connectivity index (χ0n) is 9.13. The minimum Gasteiger partial charge on any atom is -0.327 e. The number of hydrogen-bond acceptors (Lipinski definition) is 1. The molecule has 3 heteroatoms. The third kappa shape index (κ3) is 4.31. The van der Waals surface area contributed by atoms with Crippen molar-refractivity contribution in [2.24, 2.45) is 11.7 Å². The predicted octanol–water partition coefficient (Wildman–Crippen LogP) is 3.50. The van der Waals surface area contributed by atoms with Gasteiger partial charge in [0.2, 0.25) is 0 Å². The quantitative estimate of drug-likeness (QED) is 0.893. The van der Waals surface area contributed by atoms with Crippen LogP contribution in [0.1, 0.15) is 25.8 Å². The summed E-state index contributed by atoms with van der Waals surface area (Å²) in [7, 11) is 0. The van der Waals surface area contributed by atoms with E-state index in [4.69, 9.17) is 5.73 Å². The largest absolute Gasteiger partial charge is 0.327 e. The Morgan fingerprint density at radius 3 is 2.60 bits per heavy atom. The van der Waals surface area contributed by atoms with Crippen LogP contribution in [0.15, 0.2) is 22.7 Å². The lowest BCUT2D eigenvalue weighted by atomic mass is 9.98. The summed E-state index contributed by atoms with van der Waals surface area (Å²) in [6.07, 6.45) is 1.53. The molecule has 0 aliphatic heterocycles. The first-order chi connectivity index (χ1) is 6.99. The molecule has 0 aliphatic carbocycles. The molecule has 0 heterocycles. The Bertz CT molecular complexity index is 325. The summed E-state index contributed by atoms with van der Waals surface area (Å²) in [6, 6.07) is 5.16. The molecule has 15 heavy (non-hydrogen) atoms. The van der Waals surface area contributed by atoms with E-state index in [1.807, 2.05) is 6.07 Å². The SMILES string of the molecule is CC(C)CC(N)Cc1ccc(Br)cc1F. The van der Waals surface area contributed by atoms with Gasteiger partial charge in [-0.25, -0.2) is 4.39 Å². The van der Waals surface area contributed by atoms with Crippen LogP contribution in [0, 0.1) is 11.7 Å². The van der Waals surface area contributed by atoms with Gasteiger partial charge in [-0.1, -0.05) is 35.8 Å². The summed E-state index contributed by atoms with van der Waals surface area (Å²) < 4.78 is 14.2. The van der Waals surface area contributed by atoms with Gasteiger partial charge in [0, 0.05) is 10.5 Å². The third-order valence-electron chi connectivity index (χ3n) is 2.27. The molecule has 0 aliphatic rings. The van der Waals surface area contributed by atoms with E-state index in [1.165, 1.54) is 6.07 Å². The molecule has 0 amide bonds. The van der Waals surface area contributed by atoms with Crippen LogP contribution in [0.3, 0.4) is 0 Å². The summed E-state index contributed by atoms with van der Waals surface area (Å²) >= 11 is 3.23. The Hall–Kier alpha value is -0.410. The molecule has 0 saturated carbocycles. The summed E-state index contributed by atoms with van der Waals surface area (Å²) in [4.78, 5) is 0. The van der Waals surface area contributed by atoms with Crippen molar-refractivity contribution >= 4 is 15.9 Å². The molecule has 84 valence electrons. The summed E-state index contributed by atoms with van der Waals surface area (Å²) in [5.74, 6) is 0.377. The Balaban J connectivity index is 2.64. The van der Waals surface area contributed by atoms with Gasteiger partial charge in [-0.2, -0.15) is 0 Å². The van der Waals surface area contributed by atoms with Gasteiger partial charge in [0.25, 0.3) is 0 Å². The second-order valence-electron chi connectivity index (χ2n) is 4.33. The Labute approximate surface area is 99.0 Å². The van der Waals surface area contributed by atoms with Crippen LogP contribution in [0.2, 0.25) is 0 Å². The number of halogens is 2. The van der Waals surface area contributed by atoms with Crippen LogP contribution in [-0.2, 0) is 6.42 Å². The van der Waals surface area contributed by atoms with Crippen LogP contribution in [0.5, 0.6) is 0 Å². The molecular weight excluding hydrogens is 257 g/mol. The van der Waals surface area contributed by atoms with Crippen molar-refractivity contribution < 1.29 is 4.39 Å². The molecule has 1 aromatic rings. The standard InChI is InChI=1S/C12H17BrFN/c1-8(2)5-11(15)6-9-3-4-10(13)7-12(9)14/h3-4,7-8,11H,5-6,15H2,1-2H3. The topological polar surface area (TPSA) is 26.0 Å². The Morgan fingerprint density at radius 2 is 2.07 bits per heavy atom. The highest BCUT2D eigenvalue weighted by molar-refractivity contribution is 9.10. The Morgan fingerprint density at radius 1 is 1.40 bits per heavy atom. The van der Waals surface area contributed by atoms with Gasteiger partial charge in [-0.3, -0.25) is 0 Å². The molecule has 0 radical (unpaired) electrons. The van der Waals surface area contributed by atoms with Gasteiger partial charge >= 0.3 is 0 Å². The minimum atomic E-state index is -0.177. The second kappa shape index (κ2) is 5.61. The first-order valence-electron chi connectivity index (χ1n) is 5.18. The van der Waals surface area contributed by atoms with Crippen molar-refractivity contribution in [3.05, 3.63) is 34.1 Å².